The Morgan fingerprint density at radius 2 is 1.67 bits per heavy atom. The minimum atomic E-state index is -0.427. The molecule has 1 amide bonds. The van der Waals surface area contributed by atoms with E-state index >= 15 is 0 Å². The van der Waals surface area contributed by atoms with Crippen molar-refractivity contribution in [1.82, 2.24) is 0 Å². The lowest BCUT2D eigenvalue weighted by atomic mass is 10.1. The monoisotopic (exact) mass is 399 g/mol. The summed E-state index contributed by atoms with van der Waals surface area (Å²) in [4.78, 5) is 25.1. The molecule has 148 valence electrons. The van der Waals surface area contributed by atoms with Gasteiger partial charge >= 0.3 is 5.63 Å². The largest absolute Gasteiger partial charge is 0.486 e. The second-order valence-corrected chi connectivity index (χ2v) is 6.88. The molecular weight excluding hydrogens is 382 g/mol. The van der Waals surface area contributed by atoms with Gasteiger partial charge in [-0.05, 0) is 48.0 Å². The van der Waals surface area contributed by atoms with Crippen molar-refractivity contribution >= 4 is 22.6 Å². The van der Waals surface area contributed by atoms with E-state index in [1.165, 1.54) is 0 Å². The number of hydrogen-bond donors (Lipinski definition) is 1. The maximum absolute atomic E-state index is 12.7. The number of benzene rings is 3. The van der Waals surface area contributed by atoms with E-state index in [-0.39, 0.29) is 5.91 Å². The van der Waals surface area contributed by atoms with Gasteiger partial charge in [-0.3, -0.25) is 4.79 Å². The Labute approximate surface area is 171 Å². The number of para-hydroxylation sites is 1. The highest BCUT2D eigenvalue weighted by molar-refractivity contribution is 6.05. The second kappa shape index (κ2) is 7.40. The average Bonchev–Trinajstić information content (AvgIpc) is 2.78. The number of rotatable bonds is 3. The summed E-state index contributed by atoms with van der Waals surface area (Å²) in [7, 11) is 0. The van der Waals surface area contributed by atoms with Crippen molar-refractivity contribution in [1.29, 1.82) is 0 Å². The van der Waals surface area contributed by atoms with Crippen LogP contribution in [-0.4, -0.2) is 19.1 Å². The molecule has 1 aromatic heterocycles. The molecule has 1 N–H and O–H groups in total. The molecule has 1 aliphatic heterocycles. The first-order valence-electron chi connectivity index (χ1n) is 9.52. The minimum Gasteiger partial charge on any atom is -0.486 e. The molecule has 0 saturated heterocycles. The molecule has 6 nitrogen and oxygen atoms in total. The predicted octanol–water partition coefficient (Wildman–Crippen LogP) is 4.48. The third-order valence-corrected chi connectivity index (χ3v) is 4.88. The van der Waals surface area contributed by atoms with Crippen LogP contribution in [-0.2, 0) is 0 Å². The fourth-order valence-corrected chi connectivity index (χ4v) is 3.42. The van der Waals surface area contributed by atoms with E-state index < -0.39 is 5.63 Å². The lowest BCUT2D eigenvalue weighted by molar-refractivity contribution is 0.102. The first-order valence-corrected chi connectivity index (χ1v) is 9.52. The van der Waals surface area contributed by atoms with Crippen LogP contribution in [0.15, 0.2) is 82.0 Å². The molecule has 5 rings (SSSR count). The van der Waals surface area contributed by atoms with Gasteiger partial charge in [0.15, 0.2) is 11.5 Å². The highest BCUT2D eigenvalue weighted by atomic mass is 16.6. The van der Waals surface area contributed by atoms with Crippen LogP contribution in [0, 0.1) is 0 Å². The molecule has 0 atom stereocenters. The molecule has 0 aliphatic carbocycles. The zero-order chi connectivity index (χ0) is 20.5. The Hall–Kier alpha value is -4.06. The maximum Gasteiger partial charge on any atom is 0.344 e. The molecule has 0 radical (unpaired) electrons. The van der Waals surface area contributed by atoms with Gasteiger partial charge in [-0.25, -0.2) is 4.79 Å². The summed E-state index contributed by atoms with van der Waals surface area (Å²) in [6.45, 7) is 0.947. The van der Waals surface area contributed by atoms with Crippen LogP contribution in [0.5, 0.6) is 11.5 Å². The van der Waals surface area contributed by atoms with Crippen molar-refractivity contribution in [3.63, 3.8) is 0 Å². The Morgan fingerprint density at radius 1 is 0.833 bits per heavy atom. The first kappa shape index (κ1) is 18.0. The quantitative estimate of drug-likeness (QED) is 0.514. The van der Waals surface area contributed by atoms with Gasteiger partial charge in [0.1, 0.15) is 18.8 Å². The number of nitrogens with one attached hydrogen (secondary N) is 1. The van der Waals surface area contributed by atoms with E-state index in [0.717, 1.165) is 5.39 Å². The molecule has 3 aromatic carbocycles. The number of carbonyl (C=O) groups excluding carboxylic acids is 1. The van der Waals surface area contributed by atoms with E-state index in [2.05, 4.69) is 5.32 Å². The second-order valence-electron chi connectivity index (χ2n) is 6.88. The van der Waals surface area contributed by atoms with Crippen molar-refractivity contribution < 1.29 is 18.7 Å². The zero-order valence-electron chi connectivity index (χ0n) is 15.9. The van der Waals surface area contributed by atoms with Gasteiger partial charge in [0.05, 0.1) is 5.56 Å². The van der Waals surface area contributed by atoms with E-state index in [0.29, 0.717) is 52.7 Å². The summed E-state index contributed by atoms with van der Waals surface area (Å²) in [6.07, 6.45) is 0. The molecular formula is C24H17NO5. The Bertz CT molecular complexity index is 1320. The van der Waals surface area contributed by atoms with Crippen LogP contribution in [0.25, 0.3) is 22.1 Å². The van der Waals surface area contributed by atoms with Crippen LogP contribution in [0.1, 0.15) is 10.4 Å². The van der Waals surface area contributed by atoms with Crippen LogP contribution in [0.3, 0.4) is 0 Å². The number of fused-ring (bicyclic) bond motifs is 2. The van der Waals surface area contributed by atoms with Crippen LogP contribution >= 0.6 is 0 Å². The first-order chi connectivity index (χ1) is 14.7. The zero-order valence-corrected chi connectivity index (χ0v) is 15.9. The third-order valence-electron chi connectivity index (χ3n) is 4.88. The van der Waals surface area contributed by atoms with Crippen molar-refractivity contribution in [3.8, 4) is 22.6 Å². The lowest BCUT2D eigenvalue weighted by Gasteiger charge is -2.18. The highest BCUT2D eigenvalue weighted by Gasteiger charge is 2.15. The highest BCUT2D eigenvalue weighted by Crippen LogP contribution is 2.31. The summed E-state index contributed by atoms with van der Waals surface area (Å²) < 4.78 is 16.4. The van der Waals surface area contributed by atoms with Crippen molar-refractivity contribution in [2.24, 2.45) is 0 Å². The van der Waals surface area contributed by atoms with E-state index in [1.54, 1.807) is 54.6 Å². The standard InChI is InChI=1S/C24H17NO5/c26-23(17-8-9-21-22(14-17)29-11-10-28-21)25-18-6-3-5-15(12-18)19-13-16-4-1-2-7-20(16)30-24(19)27/h1-9,12-14H,10-11H2,(H,25,26). The molecule has 0 saturated carbocycles. The Kier molecular flexibility index (Phi) is 4.44. The maximum atomic E-state index is 12.7. The van der Waals surface area contributed by atoms with Crippen molar-refractivity contribution in [2.45, 2.75) is 0 Å². The smallest absolute Gasteiger partial charge is 0.344 e. The molecule has 30 heavy (non-hydrogen) atoms. The summed E-state index contributed by atoms with van der Waals surface area (Å²) in [5.41, 5.74) is 2.23. The molecule has 6 heteroatoms. The van der Waals surface area contributed by atoms with E-state index in [4.69, 9.17) is 13.9 Å². The molecule has 2 heterocycles. The lowest BCUT2D eigenvalue weighted by Crippen LogP contribution is -2.17. The summed E-state index contributed by atoms with van der Waals surface area (Å²) in [5, 5.41) is 3.70. The van der Waals surface area contributed by atoms with Gasteiger partial charge in [-0.2, -0.15) is 0 Å². The van der Waals surface area contributed by atoms with Gasteiger partial charge in [-0.15, -0.1) is 0 Å². The van der Waals surface area contributed by atoms with Gasteiger partial charge in [0, 0.05) is 16.6 Å². The van der Waals surface area contributed by atoms with Gasteiger partial charge in [-0.1, -0.05) is 30.3 Å². The van der Waals surface area contributed by atoms with Crippen LogP contribution < -0.4 is 20.4 Å². The average molecular weight is 399 g/mol. The van der Waals surface area contributed by atoms with E-state index in [1.807, 2.05) is 18.2 Å². The molecule has 0 bridgehead atoms. The Balaban J connectivity index is 1.43. The predicted molar refractivity (Wildman–Crippen MR) is 113 cm³/mol. The van der Waals surface area contributed by atoms with Gasteiger partial charge < -0.3 is 19.2 Å². The van der Waals surface area contributed by atoms with Gasteiger partial charge in [0.2, 0.25) is 0 Å². The van der Waals surface area contributed by atoms with Crippen LogP contribution in [0.2, 0.25) is 0 Å². The Morgan fingerprint density at radius 3 is 2.57 bits per heavy atom. The number of amides is 1. The van der Waals surface area contributed by atoms with Crippen molar-refractivity contribution in [3.05, 3.63) is 88.8 Å². The minimum absolute atomic E-state index is 0.283. The molecule has 1 aliphatic rings. The molecule has 0 spiro atoms. The summed E-state index contributed by atoms with van der Waals surface area (Å²) >= 11 is 0. The summed E-state index contributed by atoms with van der Waals surface area (Å²) in [5.74, 6) is 0.897. The summed E-state index contributed by atoms with van der Waals surface area (Å²) in [6, 6.07) is 21.3. The topological polar surface area (TPSA) is 77.8 Å². The number of hydrogen-bond acceptors (Lipinski definition) is 5. The van der Waals surface area contributed by atoms with Gasteiger partial charge in [0.25, 0.3) is 5.91 Å². The third kappa shape index (κ3) is 3.39. The van der Waals surface area contributed by atoms with Crippen LogP contribution in [0.4, 0.5) is 5.69 Å². The number of ether oxygens (including phenoxy) is 2. The molecule has 4 aromatic rings. The fourth-order valence-electron chi connectivity index (χ4n) is 3.42. The number of carbonyl (C=O) groups is 1. The molecule has 0 fully saturated rings. The molecule has 0 unspecified atom stereocenters. The normalized spacial score (nSPS) is 12.5. The fraction of sp³-hybridized carbons (Fsp3) is 0.0833. The van der Waals surface area contributed by atoms with Crippen molar-refractivity contribution in [2.75, 3.05) is 18.5 Å². The number of anilines is 1. The van der Waals surface area contributed by atoms with E-state index in [9.17, 15) is 9.59 Å². The SMILES string of the molecule is O=C(Nc1cccc(-c2cc3ccccc3oc2=O)c1)c1ccc2c(c1)OCCO2.